The third-order valence-corrected chi connectivity index (χ3v) is 4.11. The van der Waals surface area contributed by atoms with Crippen LogP contribution in [0.3, 0.4) is 0 Å². The summed E-state index contributed by atoms with van der Waals surface area (Å²) in [5.74, 6) is 0.999. The van der Waals surface area contributed by atoms with Gasteiger partial charge in [-0.1, -0.05) is 18.2 Å². The number of rotatable bonds is 6. The second-order valence-electron chi connectivity index (χ2n) is 6.78. The summed E-state index contributed by atoms with van der Waals surface area (Å²) in [6.07, 6.45) is 2.99. The summed E-state index contributed by atoms with van der Waals surface area (Å²) < 4.78 is 12.0. The van der Waals surface area contributed by atoms with Crippen molar-refractivity contribution in [3.63, 3.8) is 0 Å². The zero-order valence-electron chi connectivity index (χ0n) is 16.4. The third-order valence-electron chi connectivity index (χ3n) is 4.11. The van der Waals surface area contributed by atoms with Crippen molar-refractivity contribution in [1.29, 1.82) is 0 Å². The van der Waals surface area contributed by atoms with E-state index < -0.39 is 5.91 Å². The Hall–Kier alpha value is -4.14. The highest BCUT2D eigenvalue weighted by Gasteiger charge is 2.17. The number of ether oxygens (including phenoxy) is 1. The minimum Gasteiger partial charge on any atom is -0.491 e. The summed E-state index contributed by atoms with van der Waals surface area (Å²) in [5, 5.41) is 7.26. The molecule has 0 saturated carbocycles. The van der Waals surface area contributed by atoms with Crippen molar-refractivity contribution in [3.8, 4) is 17.1 Å². The summed E-state index contributed by atoms with van der Waals surface area (Å²) in [6.45, 7) is 3.83. The molecule has 30 heavy (non-hydrogen) atoms. The van der Waals surface area contributed by atoms with E-state index in [2.05, 4.69) is 20.4 Å². The zero-order valence-corrected chi connectivity index (χ0v) is 16.4. The topological polar surface area (TPSA) is 121 Å². The van der Waals surface area contributed by atoms with Gasteiger partial charge in [-0.25, -0.2) is 4.98 Å². The molecule has 9 nitrogen and oxygen atoms in total. The molecule has 3 N–H and O–H groups in total. The van der Waals surface area contributed by atoms with E-state index in [1.54, 1.807) is 30.5 Å². The van der Waals surface area contributed by atoms with E-state index in [1.165, 1.54) is 6.39 Å². The molecule has 0 unspecified atom stereocenters. The van der Waals surface area contributed by atoms with Crippen molar-refractivity contribution in [2.24, 2.45) is 0 Å². The van der Waals surface area contributed by atoms with Crippen LogP contribution in [-0.2, 0) is 0 Å². The fourth-order valence-electron chi connectivity index (χ4n) is 2.86. The van der Waals surface area contributed by atoms with E-state index >= 15 is 0 Å². The number of hydrogen-bond donors (Lipinski definition) is 2. The first-order valence-corrected chi connectivity index (χ1v) is 9.29. The lowest BCUT2D eigenvalue weighted by molar-refractivity contribution is 0.0947. The fourth-order valence-corrected chi connectivity index (χ4v) is 2.86. The van der Waals surface area contributed by atoms with Gasteiger partial charge in [0.05, 0.1) is 12.3 Å². The van der Waals surface area contributed by atoms with Crippen LogP contribution in [0.4, 0.5) is 17.6 Å². The van der Waals surface area contributed by atoms with Gasteiger partial charge in [0.2, 0.25) is 11.9 Å². The minimum atomic E-state index is -0.405. The van der Waals surface area contributed by atoms with Gasteiger partial charge < -0.3 is 20.2 Å². The van der Waals surface area contributed by atoms with Crippen molar-refractivity contribution >= 4 is 23.5 Å². The van der Waals surface area contributed by atoms with Crippen molar-refractivity contribution in [1.82, 2.24) is 19.7 Å². The van der Waals surface area contributed by atoms with Crippen LogP contribution >= 0.6 is 0 Å². The standard InChI is InChI=1S/C21H20N6O3/c1-13(2)30-17-8-4-6-15(10-17)19(28)27-20(22)25-21(26-27)24-16-7-3-5-14(9-16)18-11-23-12-29-18/h3-13H,1-2H3,(H3,22,24,25,26). The lowest BCUT2D eigenvalue weighted by atomic mass is 10.1. The highest BCUT2D eigenvalue weighted by atomic mass is 16.5. The van der Waals surface area contributed by atoms with E-state index in [0.717, 1.165) is 10.2 Å². The van der Waals surface area contributed by atoms with Crippen LogP contribution in [0.5, 0.6) is 5.75 Å². The van der Waals surface area contributed by atoms with Crippen molar-refractivity contribution in [3.05, 3.63) is 66.7 Å². The number of nitrogens with two attached hydrogens (primary N) is 1. The third kappa shape index (κ3) is 4.14. The van der Waals surface area contributed by atoms with Crippen molar-refractivity contribution in [2.45, 2.75) is 20.0 Å². The summed E-state index contributed by atoms with van der Waals surface area (Å²) in [6, 6.07) is 14.3. The molecule has 4 rings (SSSR count). The Balaban J connectivity index is 1.55. The largest absolute Gasteiger partial charge is 0.491 e. The number of benzene rings is 2. The van der Waals surface area contributed by atoms with Crippen LogP contribution < -0.4 is 15.8 Å². The van der Waals surface area contributed by atoms with Crippen molar-refractivity contribution < 1.29 is 13.9 Å². The Morgan fingerprint density at radius 1 is 1.20 bits per heavy atom. The molecule has 9 heteroatoms. The number of oxazole rings is 1. The van der Waals surface area contributed by atoms with Gasteiger partial charge >= 0.3 is 0 Å². The zero-order chi connectivity index (χ0) is 21.1. The average Bonchev–Trinajstić information content (AvgIpc) is 3.37. The normalized spacial score (nSPS) is 10.9. The van der Waals surface area contributed by atoms with Gasteiger partial charge in [-0.2, -0.15) is 9.67 Å². The molecule has 0 fully saturated rings. The molecule has 0 radical (unpaired) electrons. The fraction of sp³-hybridized carbons (Fsp3) is 0.143. The smallest absolute Gasteiger partial charge is 0.281 e. The monoisotopic (exact) mass is 404 g/mol. The number of carbonyl (C=O) groups excluding carboxylic acids is 1. The molecular formula is C21H20N6O3. The summed E-state index contributed by atoms with van der Waals surface area (Å²) in [4.78, 5) is 20.9. The van der Waals surface area contributed by atoms with Crippen molar-refractivity contribution in [2.75, 3.05) is 11.1 Å². The number of nitrogens with one attached hydrogen (secondary N) is 1. The number of carbonyl (C=O) groups is 1. The molecule has 0 aliphatic heterocycles. The molecule has 4 aromatic rings. The number of aromatic nitrogens is 4. The SMILES string of the molecule is CC(C)Oc1cccc(C(=O)n2nc(Nc3cccc(-c4cnco4)c3)nc2N)c1. The molecular weight excluding hydrogens is 384 g/mol. The van der Waals surface area contributed by atoms with Gasteiger partial charge in [0.25, 0.3) is 5.91 Å². The molecule has 0 aliphatic carbocycles. The van der Waals surface area contributed by atoms with Crippen LogP contribution in [0, 0.1) is 0 Å². The van der Waals surface area contributed by atoms with Gasteiger partial charge in [0.15, 0.2) is 12.2 Å². The van der Waals surface area contributed by atoms with Crippen LogP contribution in [0.1, 0.15) is 24.2 Å². The molecule has 0 spiro atoms. The highest BCUT2D eigenvalue weighted by molar-refractivity contribution is 5.97. The second kappa shape index (κ2) is 8.08. The van der Waals surface area contributed by atoms with Gasteiger partial charge in [0.1, 0.15) is 5.75 Å². The highest BCUT2D eigenvalue weighted by Crippen LogP contribution is 2.24. The summed E-state index contributed by atoms with van der Waals surface area (Å²) >= 11 is 0. The Morgan fingerprint density at radius 2 is 2.03 bits per heavy atom. The summed E-state index contributed by atoms with van der Waals surface area (Å²) in [7, 11) is 0. The summed E-state index contributed by atoms with van der Waals surface area (Å²) in [5.41, 5.74) is 7.87. The van der Waals surface area contributed by atoms with Crippen LogP contribution in [0.15, 0.2) is 65.5 Å². The molecule has 0 bridgehead atoms. The van der Waals surface area contributed by atoms with Gasteiger partial charge in [0, 0.05) is 16.8 Å². The molecule has 0 saturated heterocycles. The number of nitrogens with zero attached hydrogens (tertiary/aromatic N) is 4. The minimum absolute atomic E-state index is 0.00434. The molecule has 0 amide bonds. The predicted molar refractivity (Wildman–Crippen MR) is 112 cm³/mol. The molecule has 2 aromatic carbocycles. The van der Waals surface area contributed by atoms with Gasteiger partial charge in [-0.3, -0.25) is 4.79 Å². The maximum Gasteiger partial charge on any atom is 0.281 e. The molecule has 152 valence electrons. The van der Waals surface area contributed by atoms with E-state index in [1.807, 2.05) is 38.1 Å². The second-order valence-corrected chi connectivity index (χ2v) is 6.78. The lowest BCUT2D eigenvalue weighted by Gasteiger charge is -2.10. The lowest BCUT2D eigenvalue weighted by Crippen LogP contribution is -2.16. The number of hydrogen-bond acceptors (Lipinski definition) is 8. The predicted octanol–water partition coefficient (Wildman–Crippen LogP) is 3.73. The first-order chi connectivity index (χ1) is 14.5. The van der Waals surface area contributed by atoms with Crippen LogP contribution in [-0.4, -0.2) is 31.8 Å². The number of anilines is 3. The van der Waals surface area contributed by atoms with E-state index in [0.29, 0.717) is 22.8 Å². The quantitative estimate of drug-likeness (QED) is 0.498. The average molecular weight is 404 g/mol. The Bertz CT molecular complexity index is 1170. The molecule has 2 aromatic heterocycles. The van der Waals surface area contributed by atoms with E-state index in [9.17, 15) is 4.79 Å². The first-order valence-electron chi connectivity index (χ1n) is 9.29. The van der Waals surface area contributed by atoms with E-state index in [4.69, 9.17) is 14.9 Å². The molecule has 0 aliphatic rings. The van der Waals surface area contributed by atoms with Crippen LogP contribution in [0.2, 0.25) is 0 Å². The maximum absolute atomic E-state index is 12.9. The number of nitrogen functional groups attached to an aromatic ring is 1. The Labute approximate surface area is 172 Å². The van der Waals surface area contributed by atoms with E-state index in [-0.39, 0.29) is 18.0 Å². The Morgan fingerprint density at radius 3 is 2.80 bits per heavy atom. The van der Waals surface area contributed by atoms with Crippen LogP contribution in [0.25, 0.3) is 11.3 Å². The first kappa shape index (κ1) is 19.2. The Kier molecular flexibility index (Phi) is 5.17. The van der Waals surface area contributed by atoms with Gasteiger partial charge in [-0.05, 0) is 44.2 Å². The molecule has 0 atom stereocenters. The van der Waals surface area contributed by atoms with Gasteiger partial charge in [-0.15, -0.1) is 5.10 Å². The molecule has 2 heterocycles. The maximum atomic E-state index is 12.9.